The first kappa shape index (κ1) is 28.7. The van der Waals surface area contributed by atoms with E-state index in [0.29, 0.717) is 65.8 Å². The van der Waals surface area contributed by atoms with Crippen LogP contribution in [-0.2, 0) is 15.9 Å². The van der Waals surface area contributed by atoms with Crippen molar-refractivity contribution < 1.29 is 24.1 Å². The summed E-state index contributed by atoms with van der Waals surface area (Å²) in [5.41, 5.74) is 2.71. The van der Waals surface area contributed by atoms with Gasteiger partial charge in [0, 0.05) is 68.4 Å². The topological polar surface area (TPSA) is 106 Å². The van der Waals surface area contributed by atoms with Gasteiger partial charge in [0.15, 0.2) is 5.82 Å². The number of hydrogen-bond acceptors (Lipinski definition) is 8. The second-order valence-electron chi connectivity index (χ2n) is 10.3. The Morgan fingerprint density at radius 1 is 1.18 bits per heavy atom. The van der Waals surface area contributed by atoms with Crippen LogP contribution in [0.1, 0.15) is 41.0 Å². The Balaban J connectivity index is 1.64. The number of carbonyl (C=O) groups is 1. The van der Waals surface area contributed by atoms with Crippen molar-refractivity contribution in [2.45, 2.75) is 38.7 Å². The van der Waals surface area contributed by atoms with Gasteiger partial charge in [-0.2, -0.15) is 0 Å². The molecule has 0 bridgehead atoms. The minimum Gasteiger partial charge on any atom is -0.491 e. The fourth-order valence-electron chi connectivity index (χ4n) is 4.96. The maximum absolute atomic E-state index is 13.7. The molecule has 2 aliphatic rings. The predicted octanol–water partition coefficient (Wildman–Crippen LogP) is 3.14. The van der Waals surface area contributed by atoms with Gasteiger partial charge in [-0.15, -0.1) is 0 Å². The Morgan fingerprint density at radius 2 is 1.92 bits per heavy atom. The number of nitrogens with zero attached hydrogens (tertiary/aromatic N) is 3. The molecule has 0 spiro atoms. The highest BCUT2D eigenvalue weighted by molar-refractivity contribution is 6.31. The highest BCUT2D eigenvalue weighted by atomic mass is 35.5. The number of carbonyl (C=O) groups excluding carboxylic acids is 1. The quantitative estimate of drug-likeness (QED) is 0.443. The Labute approximate surface area is 229 Å². The smallest absolute Gasteiger partial charge is 0.272 e. The molecule has 1 aromatic carbocycles. The van der Waals surface area contributed by atoms with Crippen molar-refractivity contribution in [3.63, 3.8) is 0 Å². The monoisotopic (exact) mass is 546 g/mol. The third kappa shape index (κ3) is 7.64. The van der Waals surface area contributed by atoms with Crippen LogP contribution >= 0.6 is 11.6 Å². The van der Waals surface area contributed by atoms with E-state index in [2.05, 4.69) is 5.32 Å². The van der Waals surface area contributed by atoms with Gasteiger partial charge in [0.05, 0.1) is 0 Å². The molecule has 2 saturated heterocycles. The van der Waals surface area contributed by atoms with Crippen LogP contribution in [0.15, 0.2) is 18.2 Å². The molecule has 1 unspecified atom stereocenters. The van der Waals surface area contributed by atoms with Crippen LogP contribution in [-0.4, -0.2) is 92.2 Å². The van der Waals surface area contributed by atoms with Gasteiger partial charge < -0.3 is 29.5 Å². The van der Waals surface area contributed by atoms with Gasteiger partial charge in [-0.1, -0.05) is 11.6 Å². The van der Waals surface area contributed by atoms with Crippen molar-refractivity contribution in [2.24, 2.45) is 11.8 Å². The second-order valence-corrected chi connectivity index (χ2v) is 10.8. The summed E-state index contributed by atoms with van der Waals surface area (Å²) in [4.78, 5) is 25.1. The SMILES string of the molecule is CNCC(O)COc1cc(Cl)cc(-c2nc(C[C@@H]3CCOC3)c(C)c(C(=O)N(C)CC3CCOCC3)n2)c1. The number of benzene rings is 1. The molecule has 2 aliphatic heterocycles. The number of likely N-dealkylation sites (N-methyl/N-ethyl adjacent to an activating group) is 1. The van der Waals surface area contributed by atoms with E-state index in [-0.39, 0.29) is 12.5 Å². The molecule has 2 atom stereocenters. The zero-order valence-electron chi connectivity index (χ0n) is 22.5. The molecule has 1 aromatic heterocycles. The van der Waals surface area contributed by atoms with Crippen LogP contribution in [0.3, 0.4) is 0 Å². The number of aliphatic hydroxyl groups excluding tert-OH is 1. The fraction of sp³-hybridized carbons (Fsp3) is 0.607. The van der Waals surface area contributed by atoms with Gasteiger partial charge in [-0.25, -0.2) is 9.97 Å². The molecule has 4 rings (SSSR count). The maximum Gasteiger partial charge on any atom is 0.272 e. The van der Waals surface area contributed by atoms with E-state index in [1.807, 2.05) is 14.0 Å². The van der Waals surface area contributed by atoms with E-state index in [1.54, 1.807) is 30.1 Å². The van der Waals surface area contributed by atoms with Gasteiger partial charge in [0.2, 0.25) is 0 Å². The highest BCUT2D eigenvalue weighted by Gasteiger charge is 2.26. The molecular formula is C28H39ClN4O5. The lowest BCUT2D eigenvalue weighted by Gasteiger charge is -2.27. The molecule has 3 heterocycles. The lowest BCUT2D eigenvalue weighted by atomic mass is 9.97. The van der Waals surface area contributed by atoms with Crippen LogP contribution in [0.4, 0.5) is 0 Å². The lowest BCUT2D eigenvalue weighted by Crippen LogP contribution is -2.35. The molecule has 2 fully saturated rings. The first-order valence-corrected chi connectivity index (χ1v) is 13.8. The van der Waals surface area contributed by atoms with Crippen molar-refractivity contribution in [3.05, 3.63) is 40.2 Å². The van der Waals surface area contributed by atoms with Gasteiger partial charge in [-0.05, 0) is 69.7 Å². The van der Waals surface area contributed by atoms with Crippen LogP contribution in [0.2, 0.25) is 5.02 Å². The first-order chi connectivity index (χ1) is 18.3. The molecule has 9 nitrogen and oxygen atoms in total. The van der Waals surface area contributed by atoms with Crippen molar-refractivity contribution in [1.82, 2.24) is 20.2 Å². The van der Waals surface area contributed by atoms with Crippen LogP contribution < -0.4 is 10.1 Å². The van der Waals surface area contributed by atoms with Crippen molar-refractivity contribution in [3.8, 4) is 17.1 Å². The van der Waals surface area contributed by atoms with E-state index in [9.17, 15) is 9.90 Å². The maximum atomic E-state index is 13.7. The average molecular weight is 547 g/mol. The zero-order chi connectivity index (χ0) is 27.1. The lowest BCUT2D eigenvalue weighted by molar-refractivity contribution is 0.0494. The van der Waals surface area contributed by atoms with Gasteiger partial charge in [0.1, 0.15) is 24.2 Å². The highest BCUT2D eigenvalue weighted by Crippen LogP contribution is 2.30. The number of rotatable bonds is 11. The van der Waals surface area contributed by atoms with E-state index in [0.717, 1.165) is 50.3 Å². The summed E-state index contributed by atoms with van der Waals surface area (Å²) in [6.07, 6.45) is 2.93. The summed E-state index contributed by atoms with van der Waals surface area (Å²) in [6.45, 7) is 6.03. The molecule has 0 aliphatic carbocycles. The summed E-state index contributed by atoms with van der Waals surface area (Å²) in [6, 6.07) is 5.26. The zero-order valence-corrected chi connectivity index (χ0v) is 23.3. The summed E-state index contributed by atoms with van der Waals surface area (Å²) in [5, 5.41) is 13.4. The third-order valence-electron chi connectivity index (χ3n) is 7.19. The number of ether oxygens (including phenoxy) is 3. The number of hydrogen-bond donors (Lipinski definition) is 2. The summed E-state index contributed by atoms with van der Waals surface area (Å²) in [7, 11) is 3.61. The molecular weight excluding hydrogens is 508 g/mol. The molecule has 2 N–H and O–H groups in total. The van der Waals surface area contributed by atoms with Crippen LogP contribution in [0.5, 0.6) is 5.75 Å². The molecule has 38 heavy (non-hydrogen) atoms. The second kappa shape index (κ2) is 13.7. The van der Waals surface area contributed by atoms with E-state index in [4.69, 9.17) is 35.8 Å². The van der Waals surface area contributed by atoms with Gasteiger partial charge >= 0.3 is 0 Å². The largest absolute Gasteiger partial charge is 0.491 e. The Kier molecular flexibility index (Phi) is 10.3. The van der Waals surface area contributed by atoms with E-state index >= 15 is 0 Å². The molecule has 2 aromatic rings. The number of nitrogens with one attached hydrogen (secondary N) is 1. The average Bonchev–Trinajstić information content (AvgIpc) is 3.42. The standard InChI is InChI=1S/C28H39ClN4O5/c1-18-25(10-20-6-9-37-16-20)31-27(21-11-22(29)13-24(12-21)38-17-23(34)14-30-2)32-26(18)28(35)33(3)15-19-4-7-36-8-5-19/h11-13,19-20,23,30,34H,4-10,14-17H2,1-3H3/t20-,23?/m0/s1. The van der Waals surface area contributed by atoms with E-state index in [1.165, 1.54) is 0 Å². The molecule has 1 amide bonds. The predicted molar refractivity (Wildman–Crippen MR) is 146 cm³/mol. The van der Waals surface area contributed by atoms with Crippen molar-refractivity contribution >= 4 is 17.5 Å². The van der Waals surface area contributed by atoms with Crippen molar-refractivity contribution in [2.75, 3.05) is 60.2 Å². The van der Waals surface area contributed by atoms with Crippen LogP contribution in [0.25, 0.3) is 11.4 Å². The summed E-state index contributed by atoms with van der Waals surface area (Å²) in [5.74, 6) is 1.58. The Morgan fingerprint density at radius 3 is 2.63 bits per heavy atom. The minimum absolute atomic E-state index is 0.114. The normalized spacial score (nSPS) is 18.9. The van der Waals surface area contributed by atoms with Crippen molar-refractivity contribution in [1.29, 1.82) is 0 Å². The van der Waals surface area contributed by atoms with E-state index < -0.39 is 6.10 Å². The number of halogens is 1. The summed E-state index contributed by atoms with van der Waals surface area (Å²) >= 11 is 6.43. The van der Waals surface area contributed by atoms with Gasteiger partial charge in [-0.3, -0.25) is 4.79 Å². The molecule has 0 saturated carbocycles. The van der Waals surface area contributed by atoms with Crippen LogP contribution in [0, 0.1) is 18.8 Å². The third-order valence-corrected chi connectivity index (χ3v) is 7.40. The van der Waals surface area contributed by atoms with Gasteiger partial charge in [0.25, 0.3) is 5.91 Å². The Bertz CT molecular complexity index is 1090. The molecule has 208 valence electrons. The Hall–Kier alpha value is -2.30. The number of aromatic nitrogens is 2. The fourth-order valence-corrected chi connectivity index (χ4v) is 5.18. The molecule has 0 radical (unpaired) electrons. The number of amides is 1. The minimum atomic E-state index is -0.659. The first-order valence-electron chi connectivity index (χ1n) is 13.4. The summed E-state index contributed by atoms with van der Waals surface area (Å²) < 4.78 is 16.9. The number of aliphatic hydroxyl groups is 1. The molecule has 10 heteroatoms.